The molecule has 0 amide bonds. The van der Waals surface area contributed by atoms with Crippen molar-refractivity contribution in [3.05, 3.63) is 48.5 Å². The van der Waals surface area contributed by atoms with Gasteiger partial charge in [0.1, 0.15) is 12.4 Å². The Morgan fingerprint density at radius 1 is 1.19 bits per heavy atom. The van der Waals surface area contributed by atoms with Gasteiger partial charge in [-0.3, -0.25) is 4.21 Å². The highest BCUT2D eigenvalue weighted by Gasteiger charge is 2.10. The Morgan fingerprint density at radius 2 is 2.00 bits per heavy atom. The average molecular weight is 301 g/mol. The van der Waals surface area contributed by atoms with Crippen LogP contribution < -0.4 is 10.5 Å². The normalized spacial score (nSPS) is 12.4. The molecule has 3 aromatic rings. The van der Waals surface area contributed by atoms with Crippen molar-refractivity contribution in [1.29, 1.82) is 0 Å². The predicted molar refractivity (Wildman–Crippen MR) is 83.7 cm³/mol. The Balaban J connectivity index is 1.64. The van der Waals surface area contributed by atoms with E-state index < -0.39 is 10.8 Å². The van der Waals surface area contributed by atoms with Gasteiger partial charge in [-0.15, -0.1) is 0 Å². The third-order valence-electron chi connectivity index (χ3n) is 2.98. The van der Waals surface area contributed by atoms with E-state index in [4.69, 9.17) is 10.5 Å². The molecule has 0 saturated heterocycles. The number of aromatic amines is 1. The van der Waals surface area contributed by atoms with Crippen LogP contribution in [-0.4, -0.2) is 26.5 Å². The number of rotatable bonds is 5. The highest BCUT2D eigenvalue weighted by atomic mass is 32.2. The first-order chi connectivity index (χ1) is 10.2. The number of imidazole rings is 1. The van der Waals surface area contributed by atoms with Gasteiger partial charge in [0, 0.05) is 5.69 Å². The summed E-state index contributed by atoms with van der Waals surface area (Å²) < 4.78 is 17.7. The summed E-state index contributed by atoms with van der Waals surface area (Å²) in [6.07, 6.45) is 0. The number of benzene rings is 2. The summed E-state index contributed by atoms with van der Waals surface area (Å²) in [5.74, 6) is 1.15. The molecule has 5 nitrogen and oxygen atoms in total. The maximum absolute atomic E-state index is 12.2. The predicted octanol–water partition coefficient (Wildman–Crippen LogP) is 2.33. The van der Waals surface area contributed by atoms with Crippen molar-refractivity contribution in [2.24, 2.45) is 0 Å². The highest BCUT2D eigenvalue weighted by molar-refractivity contribution is 7.84. The molecular formula is C15H15N3O2S. The molecule has 0 aliphatic heterocycles. The summed E-state index contributed by atoms with van der Waals surface area (Å²) in [5, 5.41) is 0.451. The Hall–Kier alpha value is -2.34. The topological polar surface area (TPSA) is 81.0 Å². The van der Waals surface area contributed by atoms with E-state index in [9.17, 15) is 4.21 Å². The Morgan fingerprint density at radius 3 is 2.81 bits per heavy atom. The molecule has 21 heavy (non-hydrogen) atoms. The van der Waals surface area contributed by atoms with Crippen molar-refractivity contribution in [2.75, 3.05) is 18.1 Å². The van der Waals surface area contributed by atoms with E-state index in [0.717, 1.165) is 16.8 Å². The summed E-state index contributed by atoms with van der Waals surface area (Å²) in [6, 6.07) is 14.8. The number of hydrogen-bond donors (Lipinski definition) is 2. The standard InChI is InChI=1S/C15H15N3O2S/c16-11-6-7-13-14(10-11)18-15(17-13)21(19)9-8-20-12-4-2-1-3-5-12/h1-7,10H,8-9,16H2,(H,17,18). The number of hydrogen-bond acceptors (Lipinski definition) is 4. The van der Waals surface area contributed by atoms with Crippen molar-refractivity contribution in [3.63, 3.8) is 0 Å². The molecule has 3 N–H and O–H groups in total. The first-order valence-corrected chi connectivity index (χ1v) is 7.86. The number of fused-ring (bicyclic) bond motifs is 1. The van der Waals surface area contributed by atoms with Gasteiger partial charge in [-0.1, -0.05) is 18.2 Å². The van der Waals surface area contributed by atoms with E-state index in [0.29, 0.717) is 23.2 Å². The van der Waals surface area contributed by atoms with Crippen LogP contribution in [0.4, 0.5) is 5.69 Å². The summed E-state index contributed by atoms with van der Waals surface area (Å²) in [6.45, 7) is 0.371. The van der Waals surface area contributed by atoms with Gasteiger partial charge in [-0.05, 0) is 30.3 Å². The second-order valence-electron chi connectivity index (χ2n) is 4.53. The first-order valence-electron chi connectivity index (χ1n) is 6.54. The SMILES string of the molecule is Nc1ccc2nc(S(=O)CCOc3ccccc3)[nH]c2c1. The smallest absolute Gasteiger partial charge is 0.197 e. The van der Waals surface area contributed by atoms with Gasteiger partial charge in [-0.2, -0.15) is 0 Å². The minimum atomic E-state index is -1.23. The van der Waals surface area contributed by atoms with Gasteiger partial charge in [0.2, 0.25) is 0 Å². The number of nitrogen functional groups attached to an aromatic ring is 1. The van der Waals surface area contributed by atoms with Crippen molar-refractivity contribution < 1.29 is 8.95 Å². The van der Waals surface area contributed by atoms with E-state index in [2.05, 4.69) is 9.97 Å². The lowest BCUT2D eigenvalue weighted by atomic mass is 10.3. The second kappa shape index (κ2) is 5.97. The lowest BCUT2D eigenvalue weighted by Crippen LogP contribution is -2.09. The molecule has 1 atom stereocenters. The number of H-pyrrole nitrogens is 1. The molecule has 6 heteroatoms. The summed E-state index contributed by atoms with van der Waals surface area (Å²) >= 11 is 0. The van der Waals surface area contributed by atoms with Crippen LogP contribution in [-0.2, 0) is 10.8 Å². The van der Waals surface area contributed by atoms with Crippen LogP contribution >= 0.6 is 0 Å². The first kappa shape index (κ1) is 13.6. The highest BCUT2D eigenvalue weighted by Crippen LogP contribution is 2.16. The third-order valence-corrected chi connectivity index (χ3v) is 4.14. The van der Waals surface area contributed by atoms with Crippen molar-refractivity contribution in [1.82, 2.24) is 9.97 Å². The molecule has 0 radical (unpaired) electrons. The fourth-order valence-corrected chi connectivity index (χ4v) is 2.81. The molecule has 1 unspecified atom stereocenters. The number of aromatic nitrogens is 2. The second-order valence-corrected chi connectivity index (χ2v) is 6.02. The van der Waals surface area contributed by atoms with E-state index in [1.54, 1.807) is 12.1 Å². The maximum atomic E-state index is 12.2. The molecule has 0 spiro atoms. The minimum Gasteiger partial charge on any atom is -0.493 e. The van der Waals surface area contributed by atoms with E-state index in [1.165, 1.54) is 0 Å². The third kappa shape index (κ3) is 3.22. The molecule has 1 aromatic heterocycles. The van der Waals surface area contributed by atoms with E-state index >= 15 is 0 Å². The maximum Gasteiger partial charge on any atom is 0.197 e. The number of nitrogens with one attached hydrogen (secondary N) is 1. The molecule has 2 aromatic carbocycles. The lowest BCUT2D eigenvalue weighted by molar-refractivity contribution is 0.342. The zero-order valence-electron chi connectivity index (χ0n) is 11.3. The van der Waals surface area contributed by atoms with Crippen LogP contribution in [0, 0.1) is 0 Å². The fourth-order valence-electron chi connectivity index (χ4n) is 1.96. The van der Waals surface area contributed by atoms with Gasteiger partial charge < -0.3 is 15.5 Å². The molecule has 0 aliphatic carbocycles. The Bertz CT molecular complexity index is 771. The van der Waals surface area contributed by atoms with Crippen molar-refractivity contribution >= 4 is 27.5 Å². The zero-order valence-corrected chi connectivity index (χ0v) is 12.1. The quantitative estimate of drug-likeness (QED) is 0.709. The fraction of sp³-hybridized carbons (Fsp3) is 0.133. The van der Waals surface area contributed by atoms with Crippen LogP contribution in [0.1, 0.15) is 0 Å². The summed E-state index contributed by atoms with van der Waals surface area (Å²) in [5.41, 5.74) is 7.91. The number of anilines is 1. The Labute approximate surface area is 124 Å². The van der Waals surface area contributed by atoms with Gasteiger partial charge in [0.25, 0.3) is 0 Å². The van der Waals surface area contributed by atoms with Gasteiger partial charge >= 0.3 is 0 Å². The molecular weight excluding hydrogens is 286 g/mol. The van der Waals surface area contributed by atoms with Gasteiger partial charge in [-0.25, -0.2) is 4.98 Å². The summed E-state index contributed by atoms with van der Waals surface area (Å²) in [4.78, 5) is 7.35. The van der Waals surface area contributed by atoms with E-state index in [-0.39, 0.29) is 0 Å². The number of nitrogens with two attached hydrogens (primary N) is 1. The molecule has 0 saturated carbocycles. The lowest BCUT2D eigenvalue weighted by Gasteiger charge is -2.04. The number of para-hydroxylation sites is 1. The van der Waals surface area contributed by atoms with Crippen LogP contribution in [0.15, 0.2) is 53.7 Å². The molecule has 3 rings (SSSR count). The largest absolute Gasteiger partial charge is 0.493 e. The summed E-state index contributed by atoms with van der Waals surface area (Å²) in [7, 11) is -1.23. The zero-order chi connectivity index (χ0) is 14.7. The molecule has 108 valence electrons. The van der Waals surface area contributed by atoms with Gasteiger partial charge in [0.15, 0.2) is 5.16 Å². The van der Waals surface area contributed by atoms with E-state index in [1.807, 2.05) is 36.4 Å². The molecule has 0 aliphatic rings. The van der Waals surface area contributed by atoms with Crippen LogP contribution in [0.2, 0.25) is 0 Å². The molecule has 1 heterocycles. The number of nitrogens with zero attached hydrogens (tertiary/aromatic N) is 1. The monoisotopic (exact) mass is 301 g/mol. The Kier molecular flexibility index (Phi) is 3.87. The molecule has 0 fully saturated rings. The van der Waals surface area contributed by atoms with Crippen LogP contribution in [0.5, 0.6) is 5.75 Å². The molecule has 0 bridgehead atoms. The number of ether oxygens (including phenoxy) is 1. The van der Waals surface area contributed by atoms with Crippen LogP contribution in [0.25, 0.3) is 11.0 Å². The van der Waals surface area contributed by atoms with Gasteiger partial charge in [0.05, 0.1) is 27.6 Å². The van der Waals surface area contributed by atoms with Crippen molar-refractivity contribution in [2.45, 2.75) is 5.16 Å². The van der Waals surface area contributed by atoms with Crippen LogP contribution in [0.3, 0.4) is 0 Å². The average Bonchev–Trinajstić information content (AvgIpc) is 2.91. The van der Waals surface area contributed by atoms with Crippen molar-refractivity contribution in [3.8, 4) is 5.75 Å². The minimum absolute atomic E-state index is 0.371.